The van der Waals surface area contributed by atoms with E-state index in [1.807, 2.05) is 0 Å². The molecule has 90 valence electrons. The summed E-state index contributed by atoms with van der Waals surface area (Å²) in [7, 11) is 2.97. The van der Waals surface area contributed by atoms with Crippen molar-refractivity contribution >= 4 is 28.5 Å². The van der Waals surface area contributed by atoms with Gasteiger partial charge in [-0.1, -0.05) is 17.7 Å². The van der Waals surface area contributed by atoms with E-state index in [2.05, 4.69) is 9.84 Å². The molecule has 0 aliphatic rings. The van der Waals surface area contributed by atoms with Gasteiger partial charge < -0.3 is 9.84 Å². The lowest BCUT2D eigenvalue weighted by Crippen LogP contribution is -2.13. The smallest absolute Gasteiger partial charge is 0.339 e. The molecule has 0 saturated heterocycles. The molecule has 5 nitrogen and oxygen atoms in total. The number of aryl methyl sites for hydroxylation is 1. The van der Waals surface area contributed by atoms with Gasteiger partial charge in [-0.3, -0.25) is 4.68 Å². The Morgan fingerprint density at radius 1 is 1.59 bits per heavy atom. The van der Waals surface area contributed by atoms with E-state index in [1.54, 1.807) is 29.9 Å². The molecule has 0 fully saturated rings. The summed E-state index contributed by atoms with van der Waals surface area (Å²) in [6, 6.07) is 5.00. The third-order valence-electron chi connectivity index (χ3n) is 2.57. The van der Waals surface area contributed by atoms with Gasteiger partial charge in [0.25, 0.3) is 0 Å². The number of carbonyl (C=O) groups is 1. The quantitative estimate of drug-likeness (QED) is 0.824. The minimum Gasteiger partial charge on any atom is -0.467 e. The number of fused-ring (bicyclic) bond motifs is 1. The number of carbonyl (C=O) groups excluding carboxylic acids is 1. The van der Waals surface area contributed by atoms with Crippen molar-refractivity contribution in [2.24, 2.45) is 7.05 Å². The average molecular weight is 255 g/mol. The third-order valence-corrected chi connectivity index (χ3v) is 2.85. The average Bonchev–Trinajstić information content (AvgIpc) is 2.62. The number of hydrogen-bond donors (Lipinski definition) is 1. The molecule has 17 heavy (non-hydrogen) atoms. The van der Waals surface area contributed by atoms with Gasteiger partial charge in [0.1, 0.15) is 0 Å². The van der Waals surface area contributed by atoms with E-state index in [-0.39, 0.29) is 0 Å². The van der Waals surface area contributed by atoms with Crippen LogP contribution in [0.1, 0.15) is 11.7 Å². The maximum atomic E-state index is 11.2. The molecule has 1 atom stereocenters. The second-order valence-corrected chi connectivity index (χ2v) is 3.97. The Morgan fingerprint density at radius 2 is 2.29 bits per heavy atom. The Kier molecular flexibility index (Phi) is 3.04. The lowest BCUT2D eigenvalue weighted by atomic mass is 10.1. The number of halogens is 1. The largest absolute Gasteiger partial charge is 0.467 e. The fourth-order valence-corrected chi connectivity index (χ4v) is 1.92. The predicted molar refractivity (Wildman–Crippen MR) is 62.7 cm³/mol. The molecule has 0 bridgehead atoms. The number of benzene rings is 1. The van der Waals surface area contributed by atoms with Gasteiger partial charge in [0.2, 0.25) is 0 Å². The summed E-state index contributed by atoms with van der Waals surface area (Å²) in [5, 5.41) is 14.9. The van der Waals surface area contributed by atoms with E-state index in [4.69, 9.17) is 11.6 Å². The van der Waals surface area contributed by atoms with E-state index in [9.17, 15) is 9.90 Å². The first-order valence-corrected chi connectivity index (χ1v) is 5.30. The molecule has 1 unspecified atom stereocenters. The zero-order valence-electron chi connectivity index (χ0n) is 9.35. The zero-order chi connectivity index (χ0) is 12.6. The maximum Gasteiger partial charge on any atom is 0.339 e. The summed E-state index contributed by atoms with van der Waals surface area (Å²) in [5.41, 5.74) is 1.19. The molecule has 2 rings (SSSR count). The third kappa shape index (κ3) is 1.99. The topological polar surface area (TPSA) is 64.3 Å². The van der Waals surface area contributed by atoms with Crippen LogP contribution in [0.25, 0.3) is 10.9 Å². The molecule has 0 radical (unpaired) electrons. The molecule has 1 aromatic heterocycles. The molecule has 0 spiro atoms. The highest BCUT2D eigenvalue weighted by atomic mass is 35.5. The van der Waals surface area contributed by atoms with Gasteiger partial charge in [-0.05, 0) is 17.7 Å². The van der Waals surface area contributed by atoms with Crippen molar-refractivity contribution in [1.29, 1.82) is 0 Å². The molecule has 2 aromatic rings. The summed E-state index contributed by atoms with van der Waals surface area (Å²) in [6.45, 7) is 0. The minimum atomic E-state index is -1.29. The number of methoxy groups -OCH3 is 1. The molecule has 1 heterocycles. The number of aliphatic hydroxyl groups excluding tert-OH is 1. The van der Waals surface area contributed by atoms with E-state index in [0.717, 1.165) is 10.9 Å². The second-order valence-electron chi connectivity index (χ2n) is 3.62. The van der Waals surface area contributed by atoms with Crippen LogP contribution in [0.15, 0.2) is 18.2 Å². The Hall–Kier alpha value is -1.59. The van der Waals surface area contributed by atoms with Crippen molar-refractivity contribution in [1.82, 2.24) is 9.78 Å². The van der Waals surface area contributed by atoms with Gasteiger partial charge >= 0.3 is 5.97 Å². The molecular weight excluding hydrogens is 244 g/mol. The fraction of sp³-hybridized carbons (Fsp3) is 0.273. The number of rotatable bonds is 2. The molecule has 0 aliphatic carbocycles. The lowest BCUT2D eigenvalue weighted by molar-refractivity contribution is -0.150. The van der Waals surface area contributed by atoms with Gasteiger partial charge in [0.15, 0.2) is 11.3 Å². The maximum absolute atomic E-state index is 11.2. The van der Waals surface area contributed by atoms with Gasteiger partial charge in [-0.25, -0.2) is 4.79 Å². The summed E-state index contributed by atoms with van der Waals surface area (Å²) >= 11 is 5.91. The number of aliphatic hydroxyl groups is 1. The fourth-order valence-electron chi connectivity index (χ4n) is 1.65. The summed E-state index contributed by atoms with van der Waals surface area (Å²) in [5.74, 6) is -0.697. The van der Waals surface area contributed by atoms with Crippen molar-refractivity contribution in [3.63, 3.8) is 0 Å². The van der Waals surface area contributed by atoms with Gasteiger partial charge in [0, 0.05) is 12.4 Å². The first-order valence-electron chi connectivity index (χ1n) is 4.92. The number of esters is 1. The van der Waals surface area contributed by atoms with Crippen LogP contribution in [-0.4, -0.2) is 28.0 Å². The molecule has 0 amide bonds. The van der Waals surface area contributed by atoms with Crippen molar-refractivity contribution < 1.29 is 14.6 Å². The second kappa shape index (κ2) is 4.35. The highest BCUT2D eigenvalue weighted by Crippen LogP contribution is 2.25. The molecule has 1 N–H and O–H groups in total. The highest BCUT2D eigenvalue weighted by Gasteiger charge is 2.19. The van der Waals surface area contributed by atoms with Gasteiger partial charge in [-0.15, -0.1) is 0 Å². The lowest BCUT2D eigenvalue weighted by Gasteiger charge is -2.08. The number of ether oxygens (including phenoxy) is 1. The predicted octanol–water partition coefficient (Wildman–Crippen LogP) is 1.43. The monoisotopic (exact) mass is 254 g/mol. The molecule has 6 heteroatoms. The van der Waals surface area contributed by atoms with Crippen LogP contribution in [-0.2, 0) is 16.6 Å². The minimum absolute atomic E-state index is 0.390. The molecule has 0 saturated carbocycles. The molecule has 0 aliphatic heterocycles. The van der Waals surface area contributed by atoms with E-state index < -0.39 is 12.1 Å². The zero-order valence-corrected chi connectivity index (χ0v) is 10.1. The van der Waals surface area contributed by atoms with Crippen molar-refractivity contribution in [2.45, 2.75) is 6.10 Å². The van der Waals surface area contributed by atoms with E-state index in [0.29, 0.717) is 10.7 Å². The normalized spacial score (nSPS) is 12.7. The number of hydrogen-bond acceptors (Lipinski definition) is 4. The first-order chi connectivity index (χ1) is 8.04. The summed E-state index contributed by atoms with van der Waals surface area (Å²) in [6.07, 6.45) is -1.29. The van der Waals surface area contributed by atoms with Crippen LogP contribution < -0.4 is 0 Å². The van der Waals surface area contributed by atoms with Crippen molar-refractivity contribution in [2.75, 3.05) is 7.11 Å². The Labute approximate surface area is 103 Å². The number of nitrogens with zero attached hydrogens (tertiary/aromatic N) is 2. The van der Waals surface area contributed by atoms with Crippen molar-refractivity contribution in [3.05, 3.63) is 28.9 Å². The van der Waals surface area contributed by atoms with Crippen LogP contribution in [0.2, 0.25) is 5.15 Å². The Bertz CT molecular complexity index is 579. The number of aromatic nitrogens is 2. The molecule has 1 aromatic carbocycles. The van der Waals surface area contributed by atoms with E-state index >= 15 is 0 Å². The Balaban J connectivity index is 2.51. The van der Waals surface area contributed by atoms with Crippen LogP contribution in [0.5, 0.6) is 0 Å². The highest BCUT2D eigenvalue weighted by molar-refractivity contribution is 6.34. The Morgan fingerprint density at radius 3 is 2.94 bits per heavy atom. The van der Waals surface area contributed by atoms with Crippen LogP contribution >= 0.6 is 11.6 Å². The molecular formula is C11H11ClN2O3. The van der Waals surface area contributed by atoms with Gasteiger partial charge in [-0.2, -0.15) is 5.10 Å². The first kappa shape index (κ1) is 11.9. The summed E-state index contributed by atoms with van der Waals surface area (Å²) < 4.78 is 6.06. The summed E-state index contributed by atoms with van der Waals surface area (Å²) in [4.78, 5) is 11.2. The van der Waals surface area contributed by atoms with E-state index in [1.165, 1.54) is 7.11 Å². The van der Waals surface area contributed by atoms with Crippen LogP contribution in [0, 0.1) is 0 Å². The van der Waals surface area contributed by atoms with Gasteiger partial charge in [0.05, 0.1) is 12.6 Å². The SMILES string of the molecule is COC(=O)C(O)c1ccc2c(Cl)nn(C)c2c1. The van der Waals surface area contributed by atoms with Crippen LogP contribution in [0.4, 0.5) is 0 Å². The van der Waals surface area contributed by atoms with Crippen LogP contribution in [0.3, 0.4) is 0 Å². The standard InChI is InChI=1S/C11H11ClN2O3/c1-14-8-5-6(9(15)11(16)17-2)3-4-7(8)10(12)13-14/h3-5,9,15H,1-2H3. The van der Waals surface area contributed by atoms with Crippen molar-refractivity contribution in [3.8, 4) is 0 Å².